The fraction of sp³-hybridized carbons (Fsp3) is 0.471. The highest BCUT2D eigenvalue weighted by Crippen LogP contribution is 2.32. The first-order valence-corrected chi connectivity index (χ1v) is 7.97. The van der Waals surface area contributed by atoms with Crippen LogP contribution in [0.25, 0.3) is 11.3 Å². The number of piperidine rings is 1. The fourth-order valence-electron chi connectivity index (χ4n) is 3.40. The lowest BCUT2D eigenvalue weighted by Crippen LogP contribution is -2.31. The molecule has 2 aromatic heterocycles. The topological polar surface area (TPSA) is 41.9 Å². The molecule has 0 unspecified atom stereocenters. The minimum absolute atomic E-state index is 0.933. The summed E-state index contributed by atoms with van der Waals surface area (Å²) in [6.45, 7) is 2.18. The van der Waals surface area contributed by atoms with Gasteiger partial charge in [0.25, 0.3) is 0 Å². The first-order chi connectivity index (χ1) is 10.4. The third kappa shape index (κ3) is 2.39. The maximum atomic E-state index is 4.93. The summed E-state index contributed by atoms with van der Waals surface area (Å²) in [6, 6.07) is 4.11. The van der Waals surface area contributed by atoms with Crippen molar-refractivity contribution in [2.24, 2.45) is 0 Å². The molecule has 1 aliphatic heterocycles. The SMILES string of the molecule is c1cc(-c2nc(N3CCCCC3)nc3c2CCC3)ccn1. The van der Waals surface area contributed by atoms with Crippen LogP contribution in [0.4, 0.5) is 5.95 Å². The Labute approximate surface area is 125 Å². The molecular formula is C17H20N4. The Morgan fingerprint density at radius 3 is 2.48 bits per heavy atom. The molecule has 0 saturated carbocycles. The van der Waals surface area contributed by atoms with E-state index in [2.05, 4.69) is 22.0 Å². The number of rotatable bonds is 2. The normalized spacial score (nSPS) is 17.8. The lowest BCUT2D eigenvalue weighted by Gasteiger charge is -2.27. The van der Waals surface area contributed by atoms with E-state index in [9.17, 15) is 0 Å². The van der Waals surface area contributed by atoms with Crippen molar-refractivity contribution in [3.63, 3.8) is 0 Å². The number of aryl methyl sites for hydroxylation is 1. The van der Waals surface area contributed by atoms with Gasteiger partial charge in [0.2, 0.25) is 5.95 Å². The summed E-state index contributed by atoms with van der Waals surface area (Å²) in [5.41, 5.74) is 4.91. The molecule has 0 spiro atoms. The highest BCUT2D eigenvalue weighted by molar-refractivity contribution is 5.66. The van der Waals surface area contributed by atoms with Crippen LogP contribution < -0.4 is 4.90 Å². The maximum Gasteiger partial charge on any atom is 0.226 e. The molecule has 2 aromatic rings. The highest BCUT2D eigenvalue weighted by Gasteiger charge is 2.23. The Bertz CT molecular complexity index is 633. The molecule has 4 heteroatoms. The van der Waals surface area contributed by atoms with E-state index in [-0.39, 0.29) is 0 Å². The Morgan fingerprint density at radius 1 is 0.857 bits per heavy atom. The van der Waals surface area contributed by atoms with Crippen LogP contribution >= 0.6 is 0 Å². The van der Waals surface area contributed by atoms with Gasteiger partial charge >= 0.3 is 0 Å². The number of fused-ring (bicyclic) bond motifs is 1. The van der Waals surface area contributed by atoms with Gasteiger partial charge in [0.1, 0.15) is 0 Å². The number of aromatic nitrogens is 3. The molecule has 0 aromatic carbocycles. The van der Waals surface area contributed by atoms with Crippen molar-refractivity contribution < 1.29 is 0 Å². The monoisotopic (exact) mass is 280 g/mol. The molecule has 1 fully saturated rings. The zero-order valence-electron chi connectivity index (χ0n) is 12.3. The zero-order valence-corrected chi connectivity index (χ0v) is 12.3. The Morgan fingerprint density at radius 2 is 1.67 bits per heavy atom. The van der Waals surface area contributed by atoms with E-state index in [0.29, 0.717) is 0 Å². The van der Waals surface area contributed by atoms with Gasteiger partial charge in [0.05, 0.1) is 5.69 Å². The van der Waals surface area contributed by atoms with Crippen LogP contribution in [0.2, 0.25) is 0 Å². The quantitative estimate of drug-likeness (QED) is 0.848. The molecule has 2 aliphatic rings. The molecule has 0 amide bonds. The van der Waals surface area contributed by atoms with Crippen LogP contribution in [0.15, 0.2) is 24.5 Å². The molecular weight excluding hydrogens is 260 g/mol. The summed E-state index contributed by atoms with van der Waals surface area (Å²) in [4.78, 5) is 16.3. The second kappa shape index (κ2) is 5.43. The predicted octanol–water partition coefficient (Wildman–Crippen LogP) is 3.02. The summed E-state index contributed by atoms with van der Waals surface area (Å²) in [5, 5.41) is 0. The summed E-state index contributed by atoms with van der Waals surface area (Å²) in [7, 11) is 0. The van der Waals surface area contributed by atoms with Crippen LogP contribution in [0.1, 0.15) is 36.9 Å². The van der Waals surface area contributed by atoms with Crippen molar-refractivity contribution >= 4 is 5.95 Å². The third-order valence-electron chi connectivity index (χ3n) is 4.51. The highest BCUT2D eigenvalue weighted by atomic mass is 15.3. The van der Waals surface area contributed by atoms with E-state index in [1.165, 1.54) is 42.5 Å². The van der Waals surface area contributed by atoms with Gasteiger partial charge in [0.15, 0.2) is 0 Å². The third-order valence-corrected chi connectivity index (χ3v) is 4.51. The van der Waals surface area contributed by atoms with Crippen molar-refractivity contribution in [2.75, 3.05) is 18.0 Å². The van der Waals surface area contributed by atoms with E-state index in [1.807, 2.05) is 12.4 Å². The molecule has 21 heavy (non-hydrogen) atoms. The molecule has 1 saturated heterocycles. The second-order valence-electron chi connectivity index (χ2n) is 5.93. The summed E-state index contributed by atoms with van der Waals surface area (Å²) in [6.07, 6.45) is 10.9. The minimum Gasteiger partial charge on any atom is -0.341 e. The molecule has 1 aliphatic carbocycles. The summed E-state index contributed by atoms with van der Waals surface area (Å²) < 4.78 is 0. The standard InChI is InChI=1S/C17H20N4/c1-2-11-21(12-3-1)17-19-15-6-4-5-14(15)16(20-17)13-7-9-18-10-8-13/h7-10H,1-6,11-12H2. The van der Waals surface area contributed by atoms with Crippen LogP contribution in [-0.4, -0.2) is 28.0 Å². The lowest BCUT2D eigenvalue weighted by atomic mass is 10.1. The smallest absolute Gasteiger partial charge is 0.226 e. The van der Waals surface area contributed by atoms with Gasteiger partial charge in [-0.25, -0.2) is 9.97 Å². The van der Waals surface area contributed by atoms with Crippen molar-refractivity contribution in [3.05, 3.63) is 35.8 Å². The minimum atomic E-state index is 0.933. The molecule has 0 atom stereocenters. The van der Waals surface area contributed by atoms with Gasteiger partial charge < -0.3 is 4.90 Å². The summed E-state index contributed by atoms with van der Waals surface area (Å²) >= 11 is 0. The molecule has 4 rings (SSSR count). The number of hydrogen-bond acceptors (Lipinski definition) is 4. The first-order valence-electron chi connectivity index (χ1n) is 7.97. The Balaban J connectivity index is 1.80. The first kappa shape index (κ1) is 12.7. The van der Waals surface area contributed by atoms with Crippen LogP contribution in [-0.2, 0) is 12.8 Å². The van der Waals surface area contributed by atoms with Gasteiger partial charge in [0, 0.05) is 42.3 Å². The largest absolute Gasteiger partial charge is 0.341 e. The molecule has 0 bridgehead atoms. The number of hydrogen-bond donors (Lipinski definition) is 0. The Kier molecular flexibility index (Phi) is 3.30. The van der Waals surface area contributed by atoms with Crippen LogP contribution in [0.3, 0.4) is 0 Å². The van der Waals surface area contributed by atoms with Crippen LogP contribution in [0.5, 0.6) is 0 Å². The van der Waals surface area contributed by atoms with E-state index in [1.54, 1.807) is 0 Å². The fourth-order valence-corrected chi connectivity index (χ4v) is 3.40. The second-order valence-corrected chi connectivity index (χ2v) is 5.93. The molecule has 108 valence electrons. The average Bonchev–Trinajstić information content (AvgIpc) is 3.04. The number of pyridine rings is 1. The molecule has 0 N–H and O–H groups in total. The maximum absolute atomic E-state index is 4.93. The van der Waals surface area contributed by atoms with Gasteiger partial charge in [-0.2, -0.15) is 0 Å². The summed E-state index contributed by atoms with van der Waals surface area (Å²) in [5.74, 6) is 0.933. The van der Waals surface area contributed by atoms with Crippen molar-refractivity contribution in [1.29, 1.82) is 0 Å². The molecule has 3 heterocycles. The van der Waals surface area contributed by atoms with Gasteiger partial charge in [-0.1, -0.05) is 0 Å². The van der Waals surface area contributed by atoms with Crippen molar-refractivity contribution in [1.82, 2.24) is 15.0 Å². The zero-order chi connectivity index (χ0) is 14.1. The van der Waals surface area contributed by atoms with Gasteiger partial charge in [-0.05, 0) is 50.7 Å². The van der Waals surface area contributed by atoms with E-state index in [4.69, 9.17) is 9.97 Å². The van der Waals surface area contributed by atoms with Crippen molar-refractivity contribution in [3.8, 4) is 11.3 Å². The predicted molar refractivity (Wildman–Crippen MR) is 83.4 cm³/mol. The number of nitrogens with zero attached hydrogens (tertiary/aromatic N) is 4. The lowest BCUT2D eigenvalue weighted by molar-refractivity contribution is 0.567. The van der Waals surface area contributed by atoms with Gasteiger partial charge in [-0.3, -0.25) is 4.98 Å². The van der Waals surface area contributed by atoms with Crippen molar-refractivity contribution in [2.45, 2.75) is 38.5 Å². The van der Waals surface area contributed by atoms with E-state index in [0.717, 1.165) is 37.6 Å². The van der Waals surface area contributed by atoms with E-state index < -0.39 is 0 Å². The van der Waals surface area contributed by atoms with Gasteiger partial charge in [-0.15, -0.1) is 0 Å². The average molecular weight is 280 g/mol. The number of anilines is 1. The Hall–Kier alpha value is -1.97. The molecule has 0 radical (unpaired) electrons. The van der Waals surface area contributed by atoms with E-state index >= 15 is 0 Å². The molecule has 4 nitrogen and oxygen atoms in total. The van der Waals surface area contributed by atoms with Crippen LogP contribution in [0, 0.1) is 0 Å².